The van der Waals surface area contributed by atoms with Gasteiger partial charge in [0.25, 0.3) is 5.56 Å². The molecule has 3 aromatic carbocycles. The van der Waals surface area contributed by atoms with E-state index in [0.29, 0.717) is 32.1 Å². The Morgan fingerprint density at radius 1 is 0.953 bits per heavy atom. The van der Waals surface area contributed by atoms with Crippen LogP contribution >= 0.6 is 11.3 Å². The molecule has 0 aliphatic carbocycles. The molecule has 1 aromatic heterocycles. The summed E-state index contributed by atoms with van der Waals surface area (Å²) < 4.78 is 19.1. The number of fused-ring (bicyclic) bond motifs is 1. The summed E-state index contributed by atoms with van der Waals surface area (Å²) in [4.78, 5) is 35.6. The third-order valence-electron chi connectivity index (χ3n) is 7.44. The Bertz CT molecular complexity index is 1840. The minimum Gasteiger partial charge on any atom is -0.496 e. The van der Waals surface area contributed by atoms with Crippen molar-refractivity contribution in [2.75, 3.05) is 38.8 Å². The van der Waals surface area contributed by atoms with Crippen molar-refractivity contribution in [3.8, 4) is 11.5 Å². The summed E-state index contributed by atoms with van der Waals surface area (Å²) in [5, 5.41) is 0. The highest BCUT2D eigenvalue weighted by Gasteiger charge is 2.36. The van der Waals surface area contributed by atoms with E-state index in [-0.39, 0.29) is 17.7 Å². The third-order valence-corrected chi connectivity index (χ3v) is 8.42. The number of methoxy groups -OCH3 is 2. The molecule has 0 saturated carbocycles. The first-order valence-corrected chi connectivity index (χ1v) is 15.1. The van der Waals surface area contributed by atoms with E-state index in [1.165, 1.54) is 11.3 Å². The Hall–Kier alpha value is -4.63. The lowest BCUT2D eigenvalue weighted by molar-refractivity contribution is -0.138. The van der Waals surface area contributed by atoms with E-state index < -0.39 is 12.0 Å². The molecular weight excluding hydrogens is 562 g/mol. The molecule has 0 fully saturated rings. The van der Waals surface area contributed by atoms with Gasteiger partial charge in [0.05, 0.1) is 36.6 Å². The number of ether oxygens (including phenoxy) is 3. The highest BCUT2D eigenvalue weighted by molar-refractivity contribution is 7.07. The molecule has 0 saturated heterocycles. The monoisotopic (exact) mass is 597 g/mol. The maximum absolute atomic E-state index is 14.3. The van der Waals surface area contributed by atoms with Crippen molar-refractivity contribution in [3.05, 3.63) is 115 Å². The normalized spacial score (nSPS) is 14.6. The number of thiazole rings is 1. The molecule has 0 radical (unpaired) electrons. The van der Waals surface area contributed by atoms with Crippen LogP contribution in [0.3, 0.4) is 0 Å². The minimum absolute atomic E-state index is 0.177. The fraction of sp³-hybridized carbons (Fsp3) is 0.265. The first kappa shape index (κ1) is 29.8. The molecule has 222 valence electrons. The van der Waals surface area contributed by atoms with Gasteiger partial charge in [-0.25, -0.2) is 9.79 Å². The molecule has 0 amide bonds. The Morgan fingerprint density at radius 3 is 2.33 bits per heavy atom. The van der Waals surface area contributed by atoms with E-state index in [2.05, 4.69) is 18.7 Å². The van der Waals surface area contributed by atoms with Crippen molar-refractivity contribution in [1.82, 2.24) is 4.57 Å². The van der Waals surface area contributed by atoms with Gasteiger partial charge >= 0.3 is 5.97 Å². The summed E-state index contributed by atoms with van der Waals surface area (Å²) >= 11 is 1.27. The lowest BCUT2D eigenvalue weighted by Crippen LogP contribution is -2.40. The van der Waals surface area contributed by atoms with E-state index >= 15 is 0 Å². The van der Waals surface area contributed by atoms with Gasteiger partial charge in [0.15, 0.2) is 4.80 Å². The largest absolute Gasteiger partial charge is 0.496 e. The highest BCUT2D eigenvalue weighted by Crippen LogP contribution is 2.38. The van der Waals surface area contributed by atoms with Crippen LogP contribution in [-0.2, 0) is 9.53 Å². The zero-order valence-electron chi connectivity index (χ0n) is 25.0. The number of nitrogens with zero attached hydrogens (tertiary/aromatic N) is 3. The average Bonchev–Trinajstić information content (AvgIpc) is 3.35. The van der Waals surface area contributed by atoms with Gasteiger partial charge in [-0.2, -0.15) is 0 Å². The number of esters is 1. The molecule has 0 bridgehead atoms. The van der Waals surface area contributed by atoms with Crippen LogP contribution in [0, 0.1) is 0 Å². The number of hydrogen-bond acceptors (Lipinski definition) is 8. The van der Waals surface area contributed by atoms with Gasteiger partial charge in [-0.1, -0.05) is 59.9 Å². The van der Waals surface area contributed by atoms with Crippen molar-refractivity contribution in [1.29, 1.82) is 0 Å². The van der Waals surface area contributed by atoms with Crippen molar-refractivity contribution >= 4 is 34.8 Å². The number of hydrogen-bond donors (Lipinski definition) is 0. The zero-order valence-corrected chi connectivity index (χ0v) is 25.8. The number of carbonyl (C=O) groups excluding carboxylic acids is 1. The summed E-state index contributed by atoms with van der Waals surface area (Å²) in [6.07, 6.45) is 1.82. The minimum atomic E-state index is -0.823. The second-order valence-corrected chi connectivity index (χ2v) is 10.8. The lowest BCUT2D eigenvalue weighted by atomic mass is 9.92. The van der Waals surface area contributed by atoms with Gasteiger partial charge in [-0.15, -0.1) is 0 Å². The topological polar surface area (TPSA) is 82.4 Å². The maximum atomic E-state index is 14.3. The quantitative estimate of drug-likeness (QED) is 0.245. The predicted molar refractivity (Wildman–Crippen MR) is 171 cm³/mol. The summed E-state index contributed by atoms with van der Waals surface area (Å²) in [5.74, 6) is 0.671. The zero-order chi connectivity index (χ0) is 30.5. The van der Waals surface area contributed by atoms with Gasteiger partial charge in [0.2, 0.25) is 0 Å². The Labute approximate surface area is 254 Å². The number of carbonyl (C=O) groups is 1. The van der Waals surface area contributed by atoms with Crippen LogP contribution in [-0.4, -0.2) is 44.5 Å². The molecular formula is C34H35N3O5S. The Kier molecular flexibility index (Phi) is 9.11. The van der Waals surface area contributed by atoms with E-state index in [9.17, 15) is 9.59 Å². The molecule has 8 nitrogen and oxygen atoms in total. The summed E-state index contributed by atoms with van der Waals surface area (Å²) in [6, 6.07) is 22.0. The summed E-state index contributed by atoms with van der Waals surface area (Å²) in [6.45, 7) is 7.89. The molecule has 5 rings (SSSR count). The summed E-state index contributed by atoms with van der Waals surface area (Å²) in [7, 11) is 3.20. The smallest absolute Gasteiger partial charge is 0.338 e. The first-order valence-electron chi connectivity index (χ1n) is 14.3. The molecule has 0 spiro atoms. The van der Waals surface area contributed by atoms with E-state index in [4.69, 9.17) is 19.2 Å². The fourth-order valence-corrected chi connectivity index (χ4v) is 6.36. The molecule has 2 heterocycles. The van der Waals surface area contributed by atoms with E-state index in [0.717, 1.165) is 29.9 Å². The van der Waals surface area contributed by atoms with Crippen LogP contribution in [0.4, 0.5) is 5.69 Å². The van der Waals surface area contributed by atoms with Crippen LogP contribution in [0.1, 0.15) is 43.5 Å². The van der Waals surface area contributed by atoms with Crippen LogP contribution in [0.5, 0.6) is 11.5 Å². The Morgan fingerprint density at radius 2 is 1.65 bits per heavy atom. The van der Waals surface area contributed by atoms with Crippen molar-refractivity contribution in [3.63, 3.8) is 0 Å². The second-order valence-electron chi connectivity index (χ2n) is 9.77. The molecule has 0 N–H and O–H groups in total. The molecule has 1 atom stereocenters. The van der Waals surface area contributed by atoms with Crippen molar-refractivity contribution in [2.24, 2.45) is 4.99 Å². The number of anilines is 1. The van der Waals surface area contributed by atoms with Crippen molar-refractivity contribution < 1.29 is 19.0 Å². The van der Waals surface area contributed by atoms with Gasteiger partial charge in [0, 0.05) is 41.5 Å². The average molecular weight is 598 g/mol. The molecule has 1 unspecified atom stereocenters. The molecule has 1 aliphatic heterocycles. The summed E-state index contributed by atoms with van der Waals surface area (Å²) in [5.41, 5.74) is 3.68. The molecule has 4 aromatic rings. The van der Waals surface area contributed by atoms with E-state index in [1.807, 2.05) is 78.9 Å². The van der Waals surface area contributed by atoms with Gasteiger partial charge in [-0.3, -0.25) is 9.36 Å². The van der Waals surface area contributed by atoms with Crippen LogP contribution in [0.25, 0.3) is 11.8 Å². The van der Waals surface area contributed by atoms with Gasteiger partial charge in [0.1, 0.15) is 17.5 Å². The SMILES string of the molecule is CCOC(=O)C1=C(c2ccccc2)N=c2sc(=Cc3ccc(N(CC)CC)cc3OC)c(=O)n2C1c1ccccc1OC. The van der Waals surface area contributed by atoms with E-state index in [1.54, 1.807) is 25.7 Å². The standard InChI is InChI=1S/C34H35N3O5S/c1-6-36(7-2)24-19-18-23(27(21-24)41-5)20-28-32(38)37-31(25-16-12-13-17-26(25)40-4)29(33(39)42-8-3)30(35-34(37)43-28)22-14-10-9-11-15-22/h9-21,31H,6-8H2,1-5H3. The predicted octanol–water partition coefficient (Wildman–Crippen LogP) is 4.80. The van der Waals surface area contributed by atoms with Gasteiger partial charge in [-0.05, 0) is 45.0 Å². The number of para-hydroxylation sites is 1. The fourth-order valence-electron chi connectivity index (χ4n) is 5.37. The van der Waals surface area contributed by atoms with Crippen LogP contribution in [0.2, 0.25) is 0 Å². The van der Waals surface area contributed by atoms with Gasteiger partial charge < -0.3 is 19.1 Å². The highest BCUT2D eigenvalue weighted by atomic mass is 32.1. The molecule has 9 heteroatoms. The van der Waals surface area contributed by atoms with Crippen LogP contribution in [0.15, 0.2) is 88.2 Å². The van der Waals surface area contributed by atoms with Crippen LogP contribution < -0.4 is 29.3 Å². The second kappa shape index (κ2) is 13.1. The third kappa shape index (κ3) is 5.72. The first-order chi connectivity index (χ1) is 20.9. The number of aromatic nitrogens is 1. The maximum Gasteiger partial charge on any atom is 0.338 e. The molecule has 43 heavy (non-hydrogen) atoms. The van der Waals surface area contributed by atoms with Crippen molar-refractivity contribution in [2.45, 2.75) is 26.8 Å². The lowest BCUT2D eigenvalue weighted by Gasteiger charge is -2.27. The number of rotatable bonds is 10. The molecule has 1 aliphatic rings. The Balaban J connectivity index is 1.80. The number of benzene rings is 3.